The third-order valence-electron chi connectivity index (χ3n) is 4.18. The molecule has 1 aromatic carbocycles. The largest absolute Gasteiger partial charge is 0.370 e. The molecule has 3 nitrogen and oxygen atoms in total. The summed E-state index contributed by atoms with van der Waals surface area (Å²) in [6.45, 7) is 10.2. The molecule has 0 atom stereocenters. The Morgan fingerprint density at radius 1 is 1.26 bits per heavy atom. The quantitative estimate of drug-likeness (QED) is 0.758. The Kier molecular flexibility index (Phi) is 4.39. The number of rotatable bonds is 3. The van der Waals surface area contributed by atoms with E-state index < -0.39 is 0 Å². The highest BCUT2D eigenvalue weighted by molar-refractivity contribution is 7.71. The first-order valence-electron chi connectivity index (χ1n) is 8.19. The van der Waals surface area contributed by atoms with Gasteiger partial charge >= 0.3 is 0 Å². The van der Waals surface area contributed by atoms with E-state index in [1.54, 1.807) is 0 Å². The molecule has 0 saturated carbocycles. The van der Waals surface area contributed by atoms with Crippen LogP contribution >= 0.6 is 12.2 Å². The zero-order valence-electron chi connectivity index (χ0n) is 14.3. The molecule has 2 heterocycles. The molecule has 2 aromatic rings. The summed E-state index contributed by atoms with van der Waals surface area (Å²) < 4.78 is 8.99. The van der Waals surface area contributed by atoms with Crippen LogP contribution in [0.4, 0.5) is 0 Å². The number of aromatic nitrogens is 2. The van der Waals surface area contributed by atoms with Crippen LogP contribution in [0.1, 0.15) is 39.0 Å². The van der Waals surface area contributed by atoms with Crippen LogP contribution in [0.25, 0.3) is 11.4 Å². The van der Waals surface area contributed by atoms with Gasteiger partial charge in [-0.25, -0.2) is 4.98 Å². The van der Waals surface area contributed by atoms with Crippen LogP contribution in [-0.4, -0.2) is 15.2 Å². The molecular weight excluding hydrogens is 304 g/mol. The van der Waals surface area contributed by atoms with Crippen molar-refractivity contribution in [1.82, 2.24) is 9.55 Å². The van der Waals surface area contributed by atoms with Crippen LogP contribution in [0.15, 0.2) is 30.3 Å². The number of benzene rings is 1. The normalized spacial score (nSPS) is 16.4. The molecule has 3 rings (SSSR count). The van der Waals surface area contributed by atoms with Gasteiger partial charge in [-0.3, -0.25) is 0 Å². The van der Waals surface area contributed by atoms with Crippen LogP contribution in [0, 0.1) is 10.6 Å². The summed E-state index contributed by atoms with van der Waals surface area (Å²) in [5.74, 6) is 1.51. The Balaban J connectivity index is 2.24. The lowest BCUT2D eigenvalue weighted by Gasteiger charge is -2.34. The molecule has 1 aromatic heterocycles. The maximum absolute atomic E-state index is 5.96. The van der Waals surface area contributed by atoms with Crippen molar-refractivity contribution in [3.63, 3.8) is 0 Å². The summed E-state index contributed by atoms with van der Waals surface area (Å²) in [5, 5.41) is 0. The highest BCUT2D eigenvalue weighted by Crippen LogP contribution is 2.31. The first-order chi connectivity index (χ1) is 10.9. The van der Waals surface area contributed by atoms with Crippen molar-refractivity contribution in [3.8, 4) is 11.4 Å². The van der Waals surface area contributed by atoms with E-state index in [4.69, 9.17) is 21.9 Å². The van der Waals surface area contributed by atoms with E-state index in [1.165, 1.54) is 5.69 Å². The Hall–Kier alpha value is -1.52. The standard InChI is InChI=1S/C19H24N2OS/c1-13(2)11-21-16-10-19(3,4)22-12-15(16)18(23)20-17(21)14-8-6-5-7-9-14/h5-9,13H,10-12H2,1-4H3. The molecule has 0 N–H and O–H groups in total. The second-order valence-corrected chi connectivity index (χ2v) is 7.65. The molecule has 122 valence electrons. The van der Waals surface area contributed by atoms with E-state index in [1.807, 2.05) is 18.2 Å². The molecule has 0 radical (unpaired) electrons. The summed E-state index contributed by atoms with van der Waals surface area (Å²) in [6, 6.07) is 10.3. The van der Waals surface area contributed by atoms with Crippen molar-refractivity contribution in [2.24, 2.45) is 5.92 Å². The van der Waals surface area contributed by atoms with E-state index in [-0.39, 0.29) is 5.60 Å². The van der Waals surface area contributed by atoms with Crippen molar-refractivity contribution in [2.45, 2.75) is 52.9 Å². The fourth-order valence-electron chi connectivity index (χ4n) is 3.08. The van der Waals surface area contributed by atoms with E-state index in [0.29, 0.717) is 17.2 Å². The maximum atomic E-state index is 5.96. The van der Waals surface area contributed by atoms with Crippen LogP contribution in [0.5, 0.6) is 0 Å². The highest BCUT2D eigenvalue weighted by atomic mass is 32.1. The molecule has 0 unspecified atom stereocenters. The molecule has 0 amide bonds. The summed E-state index contributed by atoms with van der Waals surface area (Å²) in [7, 11) is 0. The summed E-state index contributed by atoms with van der Waals surface area (Å²) in [4.78, 5) is 4.76. The zero-order valence-corrected chi connectivity index (χ0v) is 15.1. The molecule has 1 aliphatic rings. The smallest absolute Gasteiger partial charge is 0.141 e. The maximum Gasteiger partial charge on any atom is 0.141 e. The number of ether oxygens (including phenoxy) is 1. The molecule has 23 heavy (non-hydrogen) atoms. The average Bonchev–Trinajstić information content (AvgIpc) is 2.49. The van der Waals surface area contributed by atoms with E-state index in [0.717, 1.165) is 29.9 Å². The van der Waals surface area contributed by atoms with Crippen molar-refractivity contribution >= 4 is 12.2 Å². The summed E-state index contributed by atoms with van der Waals surface area (Å²) in [6.07, 6.45) is 0.862. The molecule has 0 saturated heterocycles. The number of nitrogens with zero attached hydrogens (tertiary/aromatic N) is 2. The topological polar surface area (TPSA) is 27.1 Å². The zero-order chi connectivity index (χ0) is 16.6. The first kappa shape index (κ1) is 16.3. The Labute approximate surface area is 143 Å². The van der Waals surface area contributed by atoms with Crippen LogP contribution in [0.2, 0.25) is 0 Å². The fourth-order valence-corrected chi connectivity index (χ4v) is 3.34. The third kappa shape index (κ3) is 3.38. The van der Waals surface area contributed by atoms with Gasteiger partial charge in [0.15, 0.2) is 0 Å². The molecule has 0 spiro atoms. The van der Waals surface area contributed by atoms with Gasteiger partial charge in [-0.15, -0.1) is 0 Å². The van der Waals surface area contributed by atoms with E-state index in [2.05, 4.69) is 44.4 Å². The van der Waals surface area contributed by atoms with Gasteiger partial charge in [0.25, 0.3) is 0 Å². The molecule has 4 heteroatoms. The minimum absolute atomic E-state index is 0.164. The predicted molar refractivity (Wildman–Crippen MR) is 95.9 cm³/mol. The van der Waals surface area contributed by atoms with Gasteiger partial charge in [-0.2, -0.15) is 0 Å². The van der Waals surface area contributed by atoms with E-state index >= 15 is 0 Å². The van der Waals surface area contributed by atoms with Crippen LogP contribution in [0.3, 0.4) is 0 Å². The minimum Gasteiger partial charge on any atom is -0.370 e. The first-order valence-corrected chi connectivity index (χ1v) is 8.60. The van der Waals surface area contributed by atoms with Crippen LogP contribution < -0.4 is 0 Å². The van der Waals surface area contributed by atoms with Crippen molar-refractivity contribution in [2.75, 3.05) is 0 Å². The lowest BCUT2D eigenvalue weighted by molar-refractivity contribution is -0.0429. The Morgan fingerprint density at radius 3 is 2.61 bits per heavy atom. The monoisotopic (exact) mass is 328 g/mol. The second-order valence-electron chi connectivity index (χ2n) is 7.26. The number of fused-ring (bicyclic) bond motifs is 1. The fraction of sp³-hybridized carbons (Fsp3) is 0.474. The lowest BCUT2D eigenvalue weighted by Crippen LogP contribution is -2.35. The van der Waals surface area contributed by atoms with Crippen molar-refractivity contribution in [1.29, 1.82) is 0 Å². The second kappa shape index (κ2) is 6.17. The highest BCUT2D eigenvalue weighted by Gasteiger charge is 2.30. The Bertz CT molecular complexity index is 763. The molecule has 0 aliphatic carbocycles. The van der Waals surface area contributed by atoms with Gasteiger partial charge in [0, 0.05) is 29.8 Å². The Morgan fingerprint density at radius 2 is 1.96 bits per heavy atom. The summed E-state index contributed by atoms with van der Waals surface area (Å²) in [5.41, 5.74) is 3.32. The molecular formula is C19H24N2OS. The lowest BCUT2D eigenvalue weighted by atomic mass is 9.95. The SMILES string of the molecule is CC(C)Cn1c(-c2ccccc2)nc(=S)c2c1CC(C)(C)OC2. The van der Waals surface area contributed by atoms with Gasteiger partial charge in [0.1, 0.15) is 10.5 Å². The van der Waals surface area contributed by atoms with Crippen molar-refractivity contribution < 1.29 is 4.74 Å². The van der Waals surface area contributed by atoms with Crippen molar-refractivity contribution in [3.05, 3.63) is 46.2 Å². The third-order valence-corrected chi connectivity index (χ3v) is 4.51. The summed E-state index contributed by atoms with van der Waals surface area (Å²) >= 11 is 5.57. The molecule has 0 fully saturated rings. The predicted octanol–water partition coefficient (Wildman–Crippen LogP) is 4.79. The van der Waals surface area contributed by atoms with Gasteiger partial charge in [0.05, 0.1) is 12.2 Å². The minimum atomic E-state index is -0.164. The average molecular weight is 328 g/mol. The molecule has 1 aliphatic heterocycles. The molecule has 0 bridgehead atoms. The van der Waals surface area contributed by atoms with Gasteiger partial charge in [0.2, 0.25) is 0 Å². The number of hydrogen-bond donors (Lipinski definition) is 0. The number of hydrogen-bond acceptors (Lipinski definition) is 3. The van der Waals surface area contributed by atoms with Gasteiger partial charge in [-0.1, -0.05) is 56.4 Å². The van der Waals surface area contributed by atoms with Crippen LogP contribution in [-0.2, 0) is 24.3 Å². The van der Waals surface area contributed by atoms with Gasteiger partial charge in [-0.05, 0) is 19.8 Å². The van der Waals surface area contributed by atoms with E-state index in [9.17, 15) is 0 Å². The van der Waals surface area contributed by atoms with Gasteiger partial charge < -0.3 is 9.30 Å².